The van der Waals surface area contributed by atoms with Gasteiger partial charge < -0.3 is 20.5 Å². The molecule has 0 saturated heterocycles. The van der Waals surface area contributed by atoms with Crippen molar-refractivity contribution in [1.29, 1.82) is 0 Å². The number of nitrogens with two attached hydrogens (primary N) is 1. The van der Waals surface area contributed by atoms with Crippen LogP contribution in [-0.4, -0.2) is 52.6 Å². The van der Waals surface area contributed by atoms with Crippen LogP contribution in [0.2, 0.25) is 0 Å². The Balaban J connectivity index is 2.05. The van der Waals surface area contributed by atoms with Crippen LogP contribution < -0.4 is 25.2 Å². The number of ether oxygens (including phenoxy) is 2. The lowest BCUT2D eigenvalue weighted by atomic mass is 10.3. The molecule has 0 aromatic heterocycles. The summed E-state index contributed by atoms with van der Waals surface area (Å²) in [4.78, 5) is 11.7. The van der Waals surface area contributed by atoms with Crippen molar-refractivity contribution in [1.82, 2.24) is 10.0 Å². The molecule has 0 fully saturated rings. The lowest BCUT2D eigenvalue weighted by Crippen LogP contribution is -2.49. The predicted molar refractivity (Wildman–Crippen MR) is 88.8 cm³/mol. The molecule has 1 aromatic rings. The van der Waals surface area contributed by atoms with Crippen molar-refractivity contribution in [2.75, 3.05) is 26.3 Å². The van der Waals surface area contributed by atoms with Crippen LogP contribution in [0, 0.1) is 0 Å². The van der Waals surface area contributed by atoms with E-state index >= 15 is 0 Å². The molecule has 146 valence electrons. The molecule has 1 unspecified atom stereocenters. The number of fused-ring (bicyclic) bond motifs is 1. The van der Waals surface area contributed by atoms with Gasteiger partial charge in [-0.2, -0.15) is 4.72 Å². The summed E-state index contributed by atoms with van der Waals surface area (Å²) in [6, 6.07) is 2.80. The number of rotatable bonds is 7. The maximum Gasteiger partial charge on any atom is 0.277 e. The fourth-order valence-corrected chi connectivity index (χ4v) is 3.32. The number of sulfonamides is 1. The van der Waals surface area contributed by atoms with Crippen LogP contribution in [0.15, 0.2) is 23.1 Å². The zero-order valence-corrected chi connectivity index (χ0v) is 14.9. The number of hydrogen-bond acceptors (Lipinski definition) is 6. The molecule has 0 saturated carbocycles. The fraction of sp³-hybridized carbons (Fsp3) is 0.533. The van der Waals surface area contributed by atoms with E-state index in [1.807, 2.05) is 5.32 Å². The van der Waals surface area contributed by atoms with E-state index in [1.165, 1.54) is 25.1 Å². The first-order chi connectivity index (χ1) is 12.1. The van der Waals surface area contributed by atoms with Crippen LogP contribution in [0.4, 0.5) is 8.78 Å². The van der Waals surface area contributed by atoms with E-state index in [1.54, 1.807) is 0 Å². The van der Waals surface area contributed by atoms with Crippen LogP contribution in [0.1, 0.15) is 13.3 Å². The van der Waals surface area contributed by atoms with Gasteiger partial charge >= 0.3 is 0 Å². The first-order valence-electron chi connectivity index (χ1n) is 7.92. The Labute approximate surface area is 150 Å². The lowest BCUT2D eigenvalue weighted by molar-refractivity contribution is -0.124. The zero-order chi connectivity index (χ0) is 19.4. The largest absolute Gasteiger partial charge is 0.490 e. The van der Waals surface area contributed by atoms with Gasteiger partial charge in [0.1, 0.15) is 0 Å². The highest BCUT2D eigenvalue weighted by atomic mass is 32.2. The van der Waals surface area contributed by atoms with Gasteiger partial charge in [0.05, 0.1) is 37.2 Å². The van der Waals surface area contributed by atoms with Crippen molar-refractivity contribution < 1.29 is 31.5 Å². The normalized spacial score (nSPS) is 15.8. The minimum atomic E-state index is -4.07. The van der Waals surface area contributed by atoms with E-state index in [4.69, 9.17) is 15.2 Å². The van der Waals surface area contributed by atoms with Crippen LogP contribution in [0.3, 0.4) is 0 Å². The third-order valence-corrected chi connectivity index (χ3v) is 5.11. The third-order valence-electron chi connectivity index (χ3n) is 3.57. The lowest BCUT2D eigenvalue weighted by Gasteiger charge is -2.18. The number of hydrogen-bond donors (Lipinski definition) is 3. The first kappa shape index (κ1) is 20.3. The third kappa shape index (κ3) is 5.26. The van der Waals surface area contributed by atoms with Gasteiger partial charge in [-0.05, 0) is 19.1 Å². The molecule has 1 aliphatic rings. The van der Waals surface area contributed by atoms with E-state index < -0.39 is 41.0 Å². The molecule has 1 atom stereocenters. The zero-order valence-electron chi connectivity index (χ0n) is 14.1. The number of carbonyl (C=O) groups excluding carboxylic acids is 1. The number of benzene rings is 1. The highest BCUT2D eigenvalue weighted by molar-refractivity contribution is 7.89. The molecule has 1 aliphatic heterocycles. The van der Waals surface area contributed by atoms with Crippen LogP contribution in [0.25, 0.3) is 0 Å². The molecule has 1 aromatic carbocycles. The molecule has 1 heterocycles. The van der Waals surface area contributed by atoms with Gasteiger partial charge in [0.15, 0.2) is 11.5 Å². The second-order valence-electron chi connectivity index (χ2n) is 5.78. The van der Waals surface area contributed by atoms with Crippen molar-refractivity contribution >= 4 is 15.9 Å². The number of halogens is 2. The summed E-state index contributed by atoms with van der Waals surface area (Å²) >= 11 is 0. The Kier molecular flexibility index (Phi) is 6.37. The van der Waals surface area contributed by atoms with Crippen molar-refractivity contribution in [3.05, 3.63) is 18.2 Å². The minimum Gasteiger partial charge on any atom is -0.490 e. The summed E-state index contributed by atoms with van der Waals surface area (Å²) in [5, 5.41) is 1.97. The number of carbonyl (C=O) groups is 1. The number of nitrogens with one attached hydrogen (secondary N) is 2. The van der Waals surface area contributed by atoms with Crippen LogP contribution in [-0.2, 0) is 14.8 Å². The Morgan fingerprint density at radius 3 is 2.62 bits per heavy atom. The van der Waals surface area contributed by atoms with Gasteiger partial charge in [-0.25, -0.2) is 17.2 Å². The first-order valence-corrected chi connectivity index (χ1v) is 9.40. The molecule has 0 spiro atoms. The molecular formula is C15H21F2N3O5S. The molecule has 26 heavy (non-hydrogen) atoms. The maximum absolute atomic E-state index is 13.1. The highest BCUT2D eigenvalue weighted by Crippen LogP contribution is 2.31. The van der Waals surface area contributed by atoms with Crippen molar-refractivity contribution in [3.8, 4) is 11.5 Å². The van der Waals surface area contributed by atoms with Crippen molar-refractivity contribution in [2.24, 2.45) is 5.73 Å². The fourth-order valence-electron chi connectivity index (χ4n) is 2.11. The van der Waals surface area contributed by atoms with Gasteiger partial charge in [0, 0.05) is 12.5 Å². The molecular weight excluding hydrogens is 372 g/mol. The van der Waals surface area contributed by atoms with E-state index in [0.29, 0.717) is 25.4 Å². The molecule has 0 aliphatic carbocycles. The molecule has 0 radical (unpaired) electrons. The SMILES string of the molecule is CC(NS(=O)(=O)c1ccc2c(c1)OCCCO2)C(=O)NCC(F)(F)CN. The second kappa shape index (κ2) is 8.14. The van der Waals surface area contributed by atoms with Gasteiger partial charge in [-0.3, -0.25) is 4.79 Å². The topological polar surface area (TPSA) is 120 Å². The van der Waals surface area contributed by atoms with E-state index in [9.17, 15) is 22.0 Å². The highest BCUT2D eigenvalue weighted by Gasteiger charge is 2.29. The van der Waals surface area contributed by atoms with Gasteiger partial charge in [0.25, 0.3) is 5.92 Å². The van der Waals surface area contributed by atoms with Crippen LogP contribution in [0.5, 0.6) is 11.5 Å². The quantitative estimate of drug-likeness (QED) is 0.610. The molecule has 4 N–H and O–H groups in total. The molecule has 11 heteroatoms. The Hall–Kier alpha value is -1.98. The standard InChI is InChI=1S/C15H21F2N3O5S/c1-10(14(21)19-9-15(16,17)8-18)20-26(22,23)11-3-4-12-13(7-11)25-6-2-5-24-12/h3-4,7,10,20H,2,5-6,8-9,18H2,1H3,(H,19,21). The second-order valence-corrected chi connectivity index (χ2v) is 7.49. The van der Waals surface area contributed by atoms with Crippen molar-refractivity contribution in [2.45, 2.75) is 30.2 Å². The Morgan fingerprint density at radius 1 is 1.31 bits per heavy atom. The molecule has 2 rings (SSSR count). The summed E-state index contributed by atoms with van der Waals surface area (Å²) in [7, 11) is -4.07. The van der Waals surface area contributed by atoms with Gasteiger partial charge in [-0.1, -0.05) is 0 Å². The smallest absolute Gasteiger partial charge is 0.277 e. The summed E-state index contributed by atoms with van der Waals surface area (Å²) in [5.74, 6) is -3.44. The maximum atomic E-state index is 13.1. The Bertz CT molecular complexity index is 758. The van der Waals surface area contributed by atoms with E-state index in [2.05, 4.69) is 4.72 Å². The van der Waals surface area contributed by atoms with E-state index in [0.717, 1.165) is 0 Å². The summed E-state index contributed by atoms with van der Waals surface area (Å²) in [5.41, 5.74) is 4.88. The average molecular weight is 393 g/mol. The van der Waals surface area contributed by atoms with Gasteiger partial charge in [0.2, 0.25) is 15.9 Å². The minimum absolute atomic E-state index is 0.131. The van der Waals surface area contributed by atoms with E-state index in [-0.39, 0.29) is 10.6 Å². The summed E-state index contributed by atoms with van der Waals surface area (Å²) in [6.45, 7) is 0.194. The number of amides is 1. The predicted octanol–water partition coefficient (Wildman–Crippen LogP) is 0.225. The molecule has 0 bridgehead atoms. The summed E-state index contributed by atoms with van der Waals surface area (Å²) in [6.07, 6.45) is 0.666. The van der Waals surface area contributed by atoms with Crippen molar-refractivity contribution in [3.63, 3.8) is 0 Å². The molecule has 8 nitrogen and oxygen atoms in total. The average Bonchev–Trinajstić information content (AvgIpc) is 2.84. The summed E-state index contributed by atoms with van der Waals surface area (Å²) < 4.78 is 64.0. The van der Waals surface area contributed by atoms with Crippen LogP contribution >= 0.6 is 0 Å². The molecule has 1 amide bonds. The monoisotopic (exact) mass is 393 g/mol. The van der Waals surface area contributed by atoms with Gasteiger partial charge in [-0.15, -0.1) is 0 Å². The number of alkyl halides is 2. The Morgan fingerprint density at radius 2 is 1.96 bits per heavy atom.